The molecule has 0 saturated heterocycles. The molecule has 0 aliphatic carbocycles. The fourth-order valence-electron chi connectivity index (χ4n) is 1.16. The van der Waals surface area contributed by atoms with Crippen LogP contribution in [0.3, 0.4) is 0 Å². The summed E-state index contributed by atoms with van der Waals surface area (Å²) < 4.78 is 4.82. The molecule has 1 atom stereocenters. The fourth-order valence-corrected chi connectivity index (χ4v) is 1.16. The number of esters is 1. The van der Waals surface area contributed by atoms with Gasteiger partial charge in [-0.2, -0.15) is 0 Å². The van der Waals surface area contributed by atoms with E-state index in [9.17, 15) is 4.79 Å². The smallest absolute Gasteiger partial charge is 0.305 e. The summed E-state index contributed by atoms with van der Waals surface area (Å²) in [5.74, 6) is -0.192. The lowest BCUT2D eigenvalue weighted by molar-refractivity contribution is -0.146. The molecule has 1 N–H and O–H groups in total. The Kier molecular flexibility index (Phi) is 8.64. The number of unbranched alkanes of at least 4 members (excludes halogenated alkanes) is 4. The van der Waals surface area contributed by atoms with Gasteiger partial charge in [0.05, 0.1) is 6.10 Å². The van der Waals surface area contributed by atoms with Crippen molar-refractivity contribution in [1.29, 1.82) is 0 Å². The summed E-state index contributed by atoms with van der Waals surface area (Å²) in [4.78, 5) is 11.0. The van der Waals surface area contributed by atoms with Crippen LogP contribution < -0.4 is 0 Å². The van der Waals surface area contributed by atoms with E-state index in [2.05, 4.69) is 6.92 Å². The zero-order valence-corrected chi connectivity index (χ0v) is 9.29. The van der Waals surface area contributed by atoms with Gasteiger partial charge >= 0.3 is 5.97 Å². The van der Waals surface area contributed by atoms with Crippen LogP contribution in [0.4, 0.5) is 0 Å². The van der Waals surface area contributed by atoms with Gasteiger partial charge < -0.3 is 9.84 Å². The van der Waals surface area contributed by atoms with Crippen LogP contribution in [-0.2, 0) is 9.53 Å². The van der Waals surface area contributed by atoms with Gasteiger partial charge in [0.2, 0.25) is 0 Å². The van der Waals surface area contributed by atoms with E-state index in [0.29, 0.717) is 6.42 Å². The zero-order chi connectivity index (χ0) is 10.8. The second-order valence-corrected chi connectivity index (χ2v) is 3.70. The second kappa shape index (κ2) is 9.00. The Morgan fingerprint density at radius 2 is 1.93 bits per heavy atom. The average Bonchev–Trinajstić information content (AvgIpc) is 2.14. The largest absolute Gasteiger partial charge is 0.463 e. The number of aliphatic hydroxyl groups excluding tert-OH is 1. The minimum Gasteiger partial charge on any atom is -0.463 e. The number of ether oxygens (including phenoxy) is 1. The highest BCUT2D eigenvalue weighted by Crippen LogP contribution is 2.05. The van der Waals surface area contributed by atoms with Gasteiger partial charge in [0.25, 0.3) is 0 Å². The normalized spacial score (nSPS) is 12.5. The van der Waals surface area contributed by atoms with Crippen LogP contribution in [0, 0.1) is 0 Å². The molecule has 0 heterocycles. The maximum atomic E-state index is 11.0. The molecule has 0 amide bonds. The Balaban J connectivity index is 3.18. The van der Waals surface area contributed by atoms with Gasteiger partial charge in [-0.05, 0) is 13.3 Å². The van der Waals surface area contributed by atoms with E-state index in [-0.39, 0.29) is 12.6 Å². The number of hydrogen-bond acceptors (Lipinski definition) is 3. The molecule has 3 heteroatoms. The molecule has 0 bridgehead atoms. The SMILES string of the molecule is CCCCCCCC(=O)OCC(C)O. The third-order valence-electron chi connectivity index (χ3n) is 1.97. The first-order valence-electron chi connectivity index (χ1n) is 5.50. The van der Waals surface area contributed by atoms with Crippen LogP contribution >= 0.6 is 0 Å². The van der Waals surface area contributed by atoms with Crippen molar-refractivity contribution in [1.82, 2.24) is 0 Å². The van der Waals surface area contributed by atoms with E-state index in [1.165, 1.54) is 19.3 Å². The zero-order valence-electron chi connectivity index (χ0n) is 9.29. The molecule has 0 aromatic carbocycles. The Morgan fingerprint density at radius 3 is 2.50 bits per heavy atom. The first-order valence-corrected chi connectivity index (χ1v) is 5.50. The molecular formula is C11H22O3. The number of carbonyl (C=O) groups excluding carboxylic acids is 1. The minimum atomic E-state index is -0.556. The van der Waals surface area contributed by atoms with E-state index in [1.54, 1.807) is 6.92 Å². The number of rotatable bonds is 8. The highest BCUT2D eigenvalue weighted by molar-refractivity contribution is 5.69. The summed E-state index contributed by atoms with van der Waals surface area (Å²) in [6, 6.07) is 0. The minimum absolute atomic E-state index is 0.119. The van der Waals surface area contributed by atoms with Crippen molar-refractivity contribution >= 4 is 5.97 Å². The van der Waals surface area contributed by atoms with Crippen LogP contribution in [-0.4, -0.2) is 23.8 Å². The highest BCUT2D eigenvalue weighted by Gasteiger charge is 2.04. The van der Waals surface area contributed by atoms with Gasteiger partial charge in [0.15, 0.2) is 0 Å². The molecule has 0 radical (unpaired) electrons. The summed E-state index contributed by atoms with van der Waals surface area (Å²) in [7, 11) is 0. The molecule has 1 unspecified atom stereocenters. The van der Waals surface area contributed by atoms with Crippen LogP contribution in [0.1, 0.15) is 52.4 Å². The van der Waals surface area contributed by atoms with Crippen LogP contribution in [0.5, 0.6) is 0 Å². The molecule has 0 rings (SSSR count). The van der Waals surface area contributed by atoms with Crippen molar-refractivity contribution in [2.45, 2.75) is 58.5 Å². The average molecular weight is 202 g/mol. The Morgan fingerprint density at radius 1 is 1.29 bits per heavy atom. The topological polar surface area (TPSA) is 46.5 Å². The first-order chi connectivity index (χ1) is 6.66. The molecule has 0 aromatic rings. The molecule has 0 aromatic heterocycles. The van der Waals surface area contributed by atoms with Gasteiger partial charge in [-0.15, -0.1) is 0 Å². The summed E-state index contributed by atoms with van der Waals surface area (Å²) in [6.07, 6.45) is 5.57. The second-order valence-electron chi connectivity index (χ2n) is 3.70. The summed E-state index contributed by atoms with van der Waals surface area (Å²) in [5.41, 5.74) is 0. The summed E-state index contributed by atoms with van der Waals surface area (Å²) >= 11 is 0. The molecule has 0 aliphatic heterocycles. The maximum absolute atomic E-state index is 11.0. The van der Waals surface area contributed by atoms with Crippen molar-refractivity contribution in [3.63, 3.8) is 0 Å². The molecule has 14 heavy (non-hydrogen) atoms. The first kappa shape index (κ1) is 13.4. The molecule has 3 nitrogen and oxygen atoms in total. The molecule has 0 fully saturated rings. The number of aliphatic hydroxyl groups is 1. The fraction of sp³-hybridized carbons (Fsp3) is 0.909. The van der Waals surface area contributed by atoms with Crippen molar-refractivity contribution in [2.75, 3.05) is 6.61 Å². The molecule has 0 spiro atoms. The van der Waals surface area contributed by atoms with E-state index >= 15 is 0 Å². The molecular weight excluding hydrogens is 180 g/mol. The Labute approximate surface area is 86.5 Å². The monoisotopic (exact) mass is 202 g/mol. The lowest BCUT2D eigenvalue weighted by Crippen LogP contribution is -2.14. The maximum Gasteiger partial charge on any atom is 0.305 e. The highest BCUT2D eigenvalue weighted by atomic mass is 16.5. The van der Waals surface area contributed by atoms with Crippen LogP contribution in [0.25, 0.3) is 0 Å². The third kappa shape index (κ3) is 9.52. The van der Waals surface area contributed by atoms with E-state index in [1.807, 2.05) is 0 Å². The van der Waals surface area contributed by atoms with E-state index in [0.717, 1.165) is 12.8 Å². The van der Waals surface area contributed by atoms with E-state index < -0.39 is 6.10 Å². The number of hydrogen-bond donors (Lipinski definition) is 1. The lowest BCUT2D eigenvalue weighted by atomic mass is 10.1. The molecule has 0 aliphatic rings. The van der Waals surface area contributed by atoms with Crippen molar-refractivity contribution in [3.05, 3.63) is 0 Å². The van der Waals surface area contributed by atoms with Crippen LogP contribution in [0.15, 0.2) is 0 Å². The lowest BCUT2D eigenvalue weighted by Gasteiger charge is -2.06. The van der Waals surface area contributed by atoms with Crippen molar-refractivity contribution < 1.29 is 14.6 Å². The quantitative estimate of drug-likeness (QED) is 0.485. The summed E-state index contributed by atoms with van der Waals surface area (Å²) in [5, 5.41) is 8.87. The standard InChI is InChI=1S/C11H22O3/c1-3-4-5-6-7-8-11(13)14-9-10(2)12/h10,12H,3-9H2,1-2H3. The predicted octanol–water partition coefficient (Wildman–Crippen LogP) is 2.27. The summed E-state index contributed by atoms with van der Waals surface area (Å²) in [6.45, 7) is 3.89. The van der Waals surface area contributed by atoms with Gasteiger partial charge in [-0.25, -0.2) is 0 Å². The molecule has 0 saturated carbocycles. The van der Waals surface area contributed by atoms with Gasteiger partial charge in [0, 0.05) is 6.42 Å². The third-order valence-corrected chi connectivity index (χ3v) is 1.97. The Hall–Kier alpha value is -0.570. The Bertz CT molecular complexity index is 143. The van der Waals surface area contributed by atoms with Gasteiger partial charge in [0.1, 0.15) is 6.61 Å². The van der Waals surface area contributed by atoms with Crippen LogP contribution in [0.2, 0.25) is 0 Å². The van der Waals surface area contributed by atoms with Gasteiger partial charge in [-0.3, -0.25) is 4.79 Å². The van der Waals surface area contributed by atoms with Gasteiger partial charge in [-0.1, -0.05) is 32.6 Å². The number of carbonyl (C=O) groups is 1. The van der Waals surface area contributed by atoms with Crippen molar-refractivity contribution in [3.8, 4) is 0 Å². The molecule has 84 valence electrons. The predicted molar refractivity (Wildman–Crippen MR) is 56.0 cm³/mol. The van der Waals surface area contributed by atoms with Crippen molar-refractivity contribution in [2.24, 2.45) is 0 Å². The van der Waals surface area contributed by atoms with E-state index in [4.69, 9.17) is 9.84 Å².